The number of hydrogen-bond acceptors (Lipinski definition) is 4. The summed E-state index contributed by atoms with van der Waals surface area (Å²) in [5.41, 5.74) is 4.53. The Kier molecular flexibility index (Phi) is 5.74. The Labute approximate surface area is 161 Å². The first-order chi connectivity index (χ1) is 13.4. The number of aromatic nitrogens is 2. The second-order valence-corrected chi connectivity index (χ2v) is 6.51. The number of amides is 1. The Morgan fingerprint density at radius 3 is 2.46 bits per heavy atom. The molecule has 2 N–H and O–H groups in total. The zero-order valence-electron chi connectivity index (χ0n) is 15.4. The Hall–Kier alpha value is -3.61. The van der Waals surface area contributed by atoms with Crippen molar-refractivity contribution in [3.63, 3.8) is 0 Å². The van der Waals surface area contributed by atoms with E-state index >= 15 is 0 Å². The van der Waals surface area contributed by atoms with Crippen molar-refractivity contribution >= 4 is 12.1 Å². The summed E-state index contributed by atoms with van der Waals surface area (Å²) < 4.78 is 13.1. The van der Waals surface area contributed by atoms with Crippen LogP contribution >= 0.6 is 0 Å². The van der Waals surface area contributed by atoms with E-state index in [4.69, 9.17) is 0 Å². The number of carbonyl (C=O) groups excluding carboxylic acids is 1. The van der Waals surface area contributed by atoms with Gasteiger partial charge in [0, 0.05) is 5.56 Å². The SMILES string of the molecule is CC(C)c1ccc(/C=N/NC(=O)c2cc(-c3ccc(F)cc3)nc(=O)[nH]2)cc1. The lowest BCUT2D eigenvalue weighted by atomic mass is 10.0. The predicted molar refractivity (Wildman–Crippen MR) is 106 cm³/mol. The first kappa shape index (κ1) is 19.2. The van der Waals surface area contributed by atoms with Crippen molar-refractivity contribution in [1.29, 1.82) is 0 Å². The summed E-state index contributed by atoms with van der Waals surface area (Å²) in [5, 5.41) is 3.92. The van der Waals surface area contributed by atoms with Gasteiger partial charge >= 0.3 is 5.69 Å². The summed E-state index contributed by atoms with van der Waals surface area (Å²) in [6, 6.07) is 14.7. The zero-order valence-corrected chi connectivity index (χ0v) is 15.4. The molecule has 0 spiro atoms. The lowest BCUT2D eigenvalue weighted by molar-refractivity contribution is 0.0949. The molecule has 1 heterocycles. The van der Waals surface area contributed by atoms with E-state index < -0.39 is 17.4 Å². The fraction of sp³-hybridized carbons (Fsp3) is 0.143. The number of carbonyl (C=O) groups is 1. The molecule has 0 atom stereocenters. The molecular formula is C21H19FN4O2. The highest BCUT2D eigenvalue weighted by Crippen LogP contribution is 2.16. The summed E-state index contributed by atoms with van der Waals surface area (Å²) in [6.45, 7) is 4.22. The summed E-state index contributed by atoms with van der Waals surface area (Å²) in [5.74, 6) is -0.551. The number of nitrogens with one attached hydrogen (secondary N) is 2. The molecule has 7 heteroatoms. The fourth-order valence-corrected chi connectivity index (χ4v) is 2.54. The van der Waals surface area contributed by atoms with Crippen LogP contribution in [0.25, 0.3) is 11.3 Å². The van der Waals surface area contributed by atoms with E-state index in [1.54, 1.807) is 0 Å². The van der Waals surface area contributed by atoms with E-state index in [0.29, 0.717) is 11.5 Å². The molecule has 3 aromatic rings. The van der Waals surface area contributed by atoms with Gasteiger partial charge in [0.2, 0.25) is 0 Å². The Morgan fingerprint density at radius 1 is 1.14 bits per heavy atom. The quantitative estimate of drug-likeness (QED) is 0.526. The van der Waals surface area contributed by atoms with Gasteiger partial charge in [0.15, 0.2) is 0 Å². The summed E-state index contributed by atoms with van der Waals surface area (Å²) in [6.07, 6.45) is 1.52. The van der Waals surface area contributed by atoms with Crippen LogP contribution < -0.4 is 11.1 Å². The van der Waals surface area contributed by atoms with Gasteiger partial charge in [-0.05, 0) is 47.4 Å². The first-order valence-electron chi connectivity index (χ1n) is 8.73. The number of halogens is 1. The Bertz CT molecular complexity index is 1060. The number of hydrogen-bond donors (Lipinski definition) is 2. The maximum atomic E-state index is 13.1. The van der Waals surface area contributed by atoms with Crippen LogP contribution in [0.4, 0.5) is 4.39 Å². The molecule has 6 nitrogen and oxygen atoms in total. The maximum absolute atomic E-state index is 13.1. The molecule has 3 rings (SSSR count). The molecule has 0 saturated heterocycles. The van der Waals surface area contributed by atoms with Crippen LogP contribution in [0.2, 0.25) is 0 Å². The van der Waals surface area contributed by atoms with Gasteiger partial charge in [-0.25, -0.2) is 14.6 Å². The summed E-state index contributed by atoms with van der Waals surface area (Å²) in [7, 11) is 0. The lowest BCUT2D eigenvalue weighted by Crippen LogP contribution is -2.24. The van der Waals surface area contributed by atoms with Gasteiger partial charge < -0.3 is 4.98 Å². The fourth-order valence-electron chi connectivity index (χ4n) is 2.54. The summed E-state index contributed by atoms with van der Waals surface area (Å²) >= 11 is 0. The van der Waals surface area contributed by atoms with Crippen molar-refractivity contribution in [2.75, 3.05) is 0 Å². The van der Waals surface area contributed by atoms with Crippen molar-refractivity contribution < 1.29 is 9.18 Å². The molecule has 142 valence electrons. The van der Waals surface area contributed by atoms with Gasteiger partial charge in [-0.15, -0.1) is 0 Å². The largest absolute Gasteiger partial charge is 0.346 e. The second-order valence-electron chi connectivity index (χ2n) is 6.51. The molecule has 0 radical (unpaired) electrons. The molecule has 0 aliphatic heterocycles. The molecule has 0 fully saturated rings. The topological polar surface area (TPSA) is 87.2 Å². The van der Waals surface area contributed by atoms with E-state index in [-0.39, 0.29) is 11.4 Å². The predicted octanol–water partition coefficient (Wildman–Crippen LogP) is 3.46. The van der Waals surface area contributed by atoms with Crippen LogP contribution in [-0.2, 0) is 0 Å². The number of nitrogens with zero attached hydrogens (tertiary/aromatic N) is 2. The number of aromatic amines is 1. The molecule has 1 amide bonds. The second kappa shape index (κ2) is 8.39. The minimum atomic E-state index is -0.680. The Morgan fingerprint density at radius 2 is 1.82 bits per heavy atom. The molecule has 0 aliphatic carbocycles. The van der Waals surface area contributed by atoms with Gasteiger partial charge in [0.1, 0.15) is 11.5 Å². The van der Waals surface area contributed by atoms with Crippen LogP contribution in [0, 0.1) is 5.82 Å². The minimum absolute atomic E-state index is 0.00614. The lowest BCUT2D eigenvalue weighted by Gasteiger charge is -2.05. The van der Waals surface area contributed by atoms with E-state index in [2.05, 4.69) is 34.3 Å². The molecule has 1 aromatic heterocycles. The number of benzene rings is 2. The Balaban J connectivity index is 1.73. The standard InChI is InChI=1S/C21H19FN4O2/c1-13(2)15-5-3-14(4-6-15)12-23-26-20(27)19-11-18(24-21(28)25-19)16-7-9-17(22)10-8-16/h3-13H,1-2H3,(H,26,27)(H,24,25,28)/b23-12+. The molecular weight excluding hydrogens is 359 g/mol. The molecule has 0 aliphatic rings. The van der Waals surface area contributed by atoms with Crippen LogP contribution in [0.15, 0.2) is 64.5 Å². The summed E-state index contributed by atoms with van der Waals surface area (Å²) in [4.78, 5) is 30.2. The third-order valence-electron chi connectivity index (χ3n) is 4.11. The minimum Gasteiger partial charge on any atom is -0.301 e. The highest BCUT2D eigenvalue weighted by atomic mass is 19.1. The van der Waals surface area contributed by atoms with Crippen molar-refractivity contribution in [2.45, 2.75) is 19.8 Å². The highest BCUT2D eigenvalue weighted by Gasteiger charge is 2.10. The van der Waals surface area contributed by atoms with Gasteiger partial charge in [-0.3, -0.25) is 4.79 Å². The average molecular weight is 378 g/mol. The van der Waals surface area contributed by atoms with Crippen LogP contribution in [0.3, 0.4) is 0 Å². The number of H-pyrrole nitrogens is 1. The molecule has 0 unspecified atom stereocenters. The van der Waals surface area contributed by atoms with Crippen molar-refractivity contribution in [2.24, 2.45) is 5.10 Å². The third-order valence-corrected chi connectivity index (χ3v) is 4.11. The van der Waals surface area contributed by atoms with Gasteiger partial charge in [0.05, 0.1) is 11.9 Å². The van der Waals surface area contributed by atoms with Crippen LogP contribution in [0.1, 0.15) is 41.4 Å². The van der Waals surface area contributed by atoms with Crippen molar-refractivity contribution in [3.8, 4) is 11.3 Å². The number of rotatable bonds is 5. The van der Waals surface area contributed by atoms with Crippen molar-refractivity contribution in [1.82, 2.24) is 15.4 Å². The smallest absolute Gasteiger partial charge is 0.301 e. The van der Waals surface area contributed by atoms with E-state index in [9.17, 15) is 14.0 Å². The van der Waals surface area contributed by atoms with Crippen molar-refractivity contribution in [3.05, 3.63) is 87.7 Å². The zero-order chi connectivity index (χ0) is 20.1. The molecule has 2 aromatic carbocycles. The van der Waals surface area contributed by atoms with Crippen LogP contribution in [-0.4, -0.2) is 22.1 Å². The monoisotopic (exact) mass is 378 g/mol. The normalized spacial score (nSPS) is 11.1. The van der Waals surface area contributed by atoms with Gasteiger partial charge in [-0.1, -0.05) is 38.1 Å². The van der Waals surface area contributed by atoms with Gasteiger partial charge in [0.25, 0.3) is 5.91 Å². The maximum Gasteiger partial charge on any atom is 0.346 e. The van der Waals surface area contributed by atoms with E-state index in [0.717, 1.165) is 5.56 Å². The first-order valence-corrected chi connectivity index (χ1v) is 8.73. The number of hydrazone groups is 1. The molecule has 0 bridgehead atoms. The van der Waals surface area contributed by atoms with Crippen LogP contribution in [0.5, 0.6) is 0 Å². The molecule has 28 heavy (non-hydrogen) atoms. The highest BCUT2D eigenvalue weighted by molar-refractivity contribution is 5.93. The average Bonchev–Trinajstić information content (AvgIpc) is 2.68. The van der Waals surface area contributed by atoms with Gasteiger partial charge in [-0.2, -0.15) is 10.1 Å². The van der Waals surface area contributed by atoms with E-state index in [1.807, 2.05) is 24.3 Å². The third kappa shape index (κ3) is 4.76. The molecule has 0 saturated carbocycles. The van der Waals surface area contributed by atoms with E-state index in [1.165, 1.54) is 42.1 Å².